The largest absolute Gasteiger partial charge is 0.297 e. The van der Waals surface area contributed by atoms with Crippen LogP contribution in [0.4, 0.5) is 0 Å². The van der Waals surface area contributed by atoms with Crippen LogP contribution in [-0.2, 0) is 6.42 Å². The third kappa shape index (κ3) is 2.25. The van der Waals surface area contributed by atoms with Crippen molar-refractivity contribution in [2.75, 3.05) is 0 Å². The van der Waals surface area contributed by atoms with Crippen LogP contribution in [0.5, 0.6) is 0 Å². The van der Waals surface area contributed by atoms with Crippen LogP contribution >= 0.6 is 0 Å². The molecule has 0 aliphatic heterocycles. The summed E-state index contributed by atoms with van der Waals surface area (Å²) >= 11 is 0. The summed E-state index contributed by atoms with van der Waals surface area (Å²) in [5, 5.41) is 17.9. The molecule has 0 amide bonds. The molecule has 3 rings (SSSR count). The van der Waals surface area contributed by atoms with Crippen molar-refractivity contribution in [1.29, 1.82) is 5.26 Å². The van der Waals surface area contributed by atoms with Crippen LogP contribution in [0.1, 0.15) is 62.0 Å². The van der Waals surface area contributed by atoms with Crippen LogP contribution in [0.15, 0.2) is 0 Å². The summed E-state index contributed by atoms with van der Waals surface area (Å²) in [6.07, 6.45) is 6.39. The van der Waals surface area contributed by atoms with E-state index in [1.165, 1.54) is 24.1 Å². The SMILES string of the molecule is CCc1c(C)nn(C2CCC(C#N)(NC3CC3)C2)c1C. The van der Waals surface area contributed by atoms with E-state index in [-0.39, 0.29) is 5.54 Å². The first-order valence-electron chi connectivity index (χ1n) is 7.82. The molecule has 0 saturated heterocycles. The topological polar surface area (TPSA) is 53.6 Å². The normalized spacial score (nSPS) is 29.6. The quantitative estimate of drug-likeness (QED) is 0.917. The van der Waals surface area contributed by atoms with Gasteiger partial charge in [0.15, 0.2) is 0 Å². The first-order chi connectivity index (χ1) is 9.58. The van der Waals surface area contributed by atoms with Crippen LogP contribution in [0.25, 0.3) is 0 Å². The fraction of sp³-hybridized carbons (Fsp3) is 0.750. The smallest absolute Gasteiger partial charge is 0.109 e. The summed E-state index contributed by atoms with van der Waals surface area (Å²) in [6, 6.07) is 3.51. The molecule has 1 aromatic rings. The van der Waals surface area contributed by atoms with Gasteiger partial charge in [-0.15, -0.1) is 0 Å². The van der Waals surface area contributed by atoms with Gasteiger partial charge in [0.05, 0.1) is 17.8 Å². The second-order valence-electron chi connectivity index (χ2n) is 6.46. The van der Waals surface area contributed by atoms with E-state index in [1.807, 2.05) is 0 Å². The predicted molar refractivity (Wildman–Crippen MR) is 78.5 cm³/mol. The minimum Gasteiger partial charge on any atom is -0.297 e. The summed E-state index contributed by atoms with van der Waals surface area (Å²) in [5.74, 6) is 0. The van der Waals surface area contributed by atoms with Gasteiger partial charge < -0.3 is 0 Å². The highest BCUT2D eigenvalue weighted by molar-refractivity contribution is 5.26. The zero-order chi connectivity index (χ0) is 14.3. The van der Waals surface area contributed by atoms with Gasteiger partial charge in [-0.05, 0) is 51.5 Å². The fourth-order valence-corrected chi connectivity index (χ4v) is 3.68. The lowest BCUT2D eigenvalue weighted by molar-refractivity contribution is 0.381. The maximum absolute atomic E-state index is 9.59. The third-order valence-electron chi connectivity index (χ3n) is 4.93. The average Bonchev–Trinajstić information content (AvgIpc) is 3.06. The Morgan fingerprint density at radius 3 is 2.70 bits per heavy atom. The molecule has 0 bridgehead atoms. The van der Waals surface area contributed by atoms with Crippen molar-refractivity contribution in [2.24, 2.45) is 0 Å². The van der Waals surface area contributed by atoms with Gasteiger partial charge in [-0.2, -0.15) is 10.4 Å². The van der Waals surface area contributed by atoms with E-state index in [1.54, 1.807) is 0 Å². The maximum Gasteiger partial charge on any atom is 0.109 e. The summed E-state index contributed by atoms with van der Waals surface area (Å²) in [6.45, 7) is 6.45. The molecule has 1 N–H and O–H groups in total. The van der Waals surface area contributed by atoms with Crippen molar-refractivity contribution in [3.63, 3.8) is 0 Å². The third-order valence-corrected chi connectivity index (χ3v) is 4.93. The van der Waals surface area contributed by atoms with Crippen molar-refractivity contribution < 1.29 is 0 Å². The van der Waals surface area contributed by atoms with E-state index in [2.05, 4.69) is 36.8 Å². The number of aromatic nitrogens is 2. The Kier molecular flexibility index (Phi) is 3.33. The number of hydrogen-bond acceptors (Lipinski definition) is 3. The van der Waals surface area contributed by atoms with Crippen molar-refractivity contribution in [2.45, 2.75) is 76.9 Å². The summed E-state index contributed by atoms with van der Waals surface area (Å²) < 4.78 is 2.18. The van der Waals surface area contributed by atoms with E-state index in [0.717, 1.165) is 31.4 Å². The molecule has 4 heteroatoms. The van der Waals surface area contributed by atoms with Crippen molar-refractivity contribution >= 4 is 0 Å². The Morgan fingerprint density at radius 2 is 2.15 bits per heavy atom. The van der Waals surface area contributed by atoms with Gasteiger partial charge in [-0.1, -0.05) is 6.92 Å². The second kappa shape index (κ2) is 4.89. The lowest BCUT2D eigenvalue weighted by atomic mass is 9.99. The highest BCUT2D eigenvalue weighted by Gasteiger charge is 2.44. The maximum atomic E-state index is 9.59. The molecule has 2 aliphatic rings. The molecule has 2 aliphatic carbocycles. The standard InChI is InChI=1S/C16H24N4/c1-4-15-11(2)19-20(12(15)3)14-7-8-16(9-14,10-17)18-13-5-6-13/h13-14,18H,4-9H2,1-3H3. The highest BCUT2D eigenvalue weighted by atomic mass is 15.3. The van der Waals surface area contributed by atoms with Crippen molar-refractivity contribution in [3.8, 4) is 6.07 Å². The van der Waals surface area contributed by atoms with Gasteiger partial charge in [0, 0.05) is 18.2 Å². The summed E-state index contributed by atoms with van der Waals surface area (Å²) in [4.78, 5) is 0. The van der Waals surface area contributed by atoms with Crippen LogP contribution in [0.3, 0.4) is 0 Å². The molecule has 2 atom stereocenters. The lowest BCUT2D eigenvalue weighted by Crippen LogP contribution is -2.43. The van der Waals surface area contributed by atoms with E-state index < -0.39 is 0 Å². The predicted octanol–water partition coefficient (Wildman–Crippen LogP) is 2.80. The zero-order valence-corrected chi connectivity index (χ0v) is 12.7. The van der Waals surface area contributed by atoms with Gasteiger partial charge in [0.25, 0.3) is 0 Å². The molecule has 1 aromatic heterocycles. The Morgan fingerprint density at radius 1 is 1.40 bits per heavy atom. The molecule has 4 nitrogen and oxygen atoms in total. The van der Waals surface area contributed by atoms with E-state index >= 15 is 0 Å². The number of aryl methyl sites for hydroxylation is 1. The number of nitrogens with one attached hydrogen (secondary N) is 1. The molecular formula is C16H24N4. The number of nitrogens with zero attached hydrogens (tertiary/aromatic N) is 3. The van der Waals surface area contributed by atoms with Crippen LogP contribution in [0, 0.1) is 25.2 Å². The molecule has 0 spiro atoms. The first kappa shape index (κ1) is 13.6. The van der Waals surface area contributed by atoms with E-state index in [4.69, 9.17) is 5.10 Å². The number of nitriles is 1. The van der Waals surface area contributed by atoms with Crippen LogP contribution in [0.2, 0.25) is 0 Å². The minimum absolute atomic E-state index is 0.315. The molecule has 20 heavy (non-hydrogen) atoms. The molecule has 0 aromatic carbocycles. The van der Waals surface area contributed by atoms with Crippen LogP contribution < -0.4 is 5.32 Å². The summed E-state index contributed by atoms with van der Waals surface area (Å²) in [7, 11) is 0. The highest BCUT2D eigenvalue weighted by Crippen LogP contribution is 2.40. The van der Waals surface area contributed by atoms with E-state index in [0.29, 0.717) is 12.1 Å². The van der Waals surface area contributed by atoms with Gasteiger partial charge >= 0.3 is 0 Å². The van der Waals surface area contributed by atoms with E-state index in [9.17, 15) is 5.26 Å². The lowest BCUT2D eigenvalue weighted by Gasteiger charge is -2.23. The molecule has 2 unspecified atom stereocenters. The Labute approximate surface area is 121 Å². The Bertz CT molecular complexity index is 550. The Balaban J connectivity index is 1.81. The van der Waals surface area contributed by atoms with Gasteiger partial charge in [0.2, 0.25) is 0 Å². The molecule has 2 fully saturated rings. The number of rotatable bonds is 4. The molecule has 108 valence electrons. The van der Waals surface area contributed by atoms with Gasteiger partial charge in [0.1, 0.15) is 5.54 Å². The van der Waals surface area contributed by atoms with Gasteiger partial charge in [-0.3, -0.25) is 10.00 Å². The molecule has 2 saturated carbocycles. The first-order valence-corrected chi connectivity index (χ1v) is 7.82. The molecule has 0 radical (unpaired) electrons. The summed E-state index contributed by atoms with van der Waals surface area (Å²) in [5.41, 5.74) is 3.49. The zero-order valence-electron chi connectivity index (χ0n) is 12.7. The Hall–Kier alpha value is -1.34. The van der Waals surface area contributed by atoms with Gasteiger partial charge in [-0.25, -0.2) is 0 Å². The minimum atomic E-state index is -0.315. The van der Waals surface area contributed by atoms with Crippen LogP contribution in [-0.4, -0.2) is 21.4 Å². The second-order valence-corrected chi connectivity index (χ2v) is 6.46. The molecule has 1 heterocycles. The number of hydrogen-bond donors (Lipinski definition) is 1. The average molecular weight is 272 g/mol. The molecular weight excluding hydrogens is 248 g/mol. The monoisotopic (exact) mass is 272 g/mol. The van der Waals surface area contributed by atoms with Crippen molar-refractivity contribution in [1.82, 2.24) is 15.1 Å². The van der Waals surface area contributed by atoms with Crippen molar-refractivity contribution in [3.05, 3.63) is 17.0 Å². The fourth-order valence-electron chi connectivity index (χ4n) is 3.68.